The predicted molar refractivity (Wildman–Crippen MR) is 118 cm³/mol. The Kier molecular flexibility index (Phi) is 10.6. The Bertz CT molecular complexity index is 620. The van der Waals surface area contributed by atoms with Crippen LogP contribution in [0.2, 0.25) is 10.0 Å². The van der Waals surface area contributed by atoms with Gasteiger partial charge in [-0.25, -0.2) is 0 Å². The molecule has 2 rings (SSSR count). The number of esters is 1. The summed E-state index contributed by atoms with van der Waals surface area (Å²) in [6.07, 6.45) is 3.42. The number of benzene rings is 1. The van der Waals surface area contributed by atoms with E-state index in [1.54, 1.807) is 13.1 Å². The van der Waals surface area contributed by atoms with Crippen molar-refractivity contribution in [2.75, 3.05) is 33.8 Å². The molecule has 0 radical (unpaired) electrons. The summed E-state index contributed by atoms with van der Waals surface area (Å²) in [5.74, 6) is 0.777. The lowest BCUT2D eigenvalue weighted by Gasteiger charge is -2.33. The van der Waals surface area contributed by atoms with Gasteiger partial charge in [-0.1, -0.05) is 29.3 Å². The number of guanidine groups is 1. The normalized spacial score (nSPS) is 15.4. The molecule has 0 saturated carbocycles. The molecular weight excluding hydrogens is 488 g/mol. The number of carbonyl (C=O) groups excluding carboxylic acids is 1. The zero-order valence-corrected chi connectivity index (χ0v) is 19.0. The number of rotatable bonds is 5. The number of aryl methyl sites for hydroxylation is 1. The van der Waals surface area contributed by atoms with E-state index in [0.29, 0.717) is 10.0 Å². The van der Waals surface area contributed by atoms with Crippen molar-refractivity contribution in [3.8, 4) is 0 Å². The molecule has 146 valence electrons. The van der Waals surface area contributed by atoms with Gasteiger partial charge < -0.3 is 15.0 Å². The summed E-state index contributed by atoms with van der Waals surface area (Å²) < 4.78 is 4.83. The summed E-state index contributed by atoms with van der Waals surface area (Å²) in [7, 11) is 3.23. The molecule has 1 N–H and O–H groups in total. The first-order chi connectivity index (χ1) is 12.0. The molecule has 1 aliphatic heterocycles. The van der Waals surface area contributed by atoms with Crippen LogP contribution in [0.1, 0.15) is 24.8 Å². The number of nitrogens with one attached hydrogen (secondary N) is 1. The van der Waals surface area contributed by atoms with Crippen molar-refractivity contribution in [2.45, 2.75) is 25.7 Å². The fourth-order valence-electron chi connectivity index (χ4n) is 3.03. The molecule has 5 nitrogen and oxygen atoms in total. The van der Waals surface area contributed by atoms with Crippen molar-refractivity contribution in [1.82, 2.24) is 10.2 Å². The Labute approximate surface area is 182 Å². The SMILES string of the molecule is CN=C(NCCCc1ccc(Cl)cc1Cl)N1CCC(C(=O)OC)CC1.I. The number of carbonyl (C=O) groups is 1. The van der Waals surface area contributed by atoms with Crippen LogP contribution in [-0.2, 0) is 16.0 Å². The van der Waals surface area contributed by atoms with Crippen LogP contribution in [0.4, 0.5) is 0 Å². The summed E-state index contributed by atoms with van der Waals surface area (Å²) in [5.41, 5.74) is 1.10. The summed E-state index contributed by atoms with van der Waals surface area (Å²) in [5, 5.41) is 4.75. The molecule has 1 aromatic rings. The quantitative estimate of drug-likeness (QED) is 0.212. The van der Waals surface area contributed by atoms with Crippen LogP contribution in [-0.4, -0.2) is 50.6 Å². The molecule has 0 unspecified atom stereocenters. The molecule has 1 fully saturated rings. The van der Waals surface area contributed by atoms with E-state index in [1.807, 2.05) is 12.1 Å². The summed E-state index contributed by atoms with van der Waals surface area (Å²) in [6, 6.07) is 5.61. The zero-order valence-electron chi connectivity index (χ0n) is 15.1. The lowest BCUT2D eigenvalue weighted by molar-refractivity contribution is -0.146. The van der Waals surface area contributed by atoms with Gasteiger partial charge in [0.25, 0.3) is 0 Å². The van der Waals surface area contributed by atoms with E-state index in [-0.39, 0.29) is 35.9 Å². The summed E-state index contributed by atoms with van der Waals surface area (Å²) in [6.45, 7) is 2.42. The molecular formula is C18H26Cl2IN3O2. The van der Waals surface area contributed by atoms with Gasteiger partial charge in [-0.2, -0.15) is 0 Å². The topological polar surface area (TPSA) is 53.9 Å². The molecule has 8 heteroatoms. The number of halogens is 3. The first-order valence-corrected chi connectivity index (χ1v) is 9.28. The number of likely N-dealkylation sites (tertiary alicyclic amines) is 1. The highest BCUT2D eigenvalue weighted by molar-refractivity contribution is 14.0. The molecule has 26 heavy (non-hydrogen) atoms. The van der Waals surface area contributed by atoms with Crippen molar-refractivity contribution < 1.29 is 9.53 Å². The zero-order chi connectivity index (χ0) is 18.2. The maximum atomic E-state index is 11.6. The van der Waals surface area contributed by atoms with Gasteiger partial charge in [0.15, 0.2) is 5.96 Å². The van der Waals surface area contributed by atoms with Crippen molar-refractivity contribution in [1.29, 1.82) is 0 Å². The first-order valence-electron chi connectivity index (χ1n) is 8.52. The predicted octanol–water partition coefficient (Wildman–Crippen LogP) is 4.00. The second-order valence-corrected chi connectivity index (χ2v) is 6.94. The third-order valence-electron chi connectivity index (χ3n) is 4.46. The Balaban J connectivity index is 0.00000338. The van der Waals surface area contributed by atoms with Gasteiger partial charge in [0.1, 0.15) is 0 Å². The minimum absolute atomic E-state index is 0. The minimum Gasteiger partial charge on any atom is -0.469 e. The van der Waals surface area contributed by atoms with Crippen molar-refractivity contribution in [3.63, 3.8) is 0 Å². The molecule has 0 spiro atoms. The highest BCUT2D eigenvalue weighted by atomic mass is 127. The third-order valence-corrected chi connectivity index (χ3v) is 5.05. The van der Waals surface area contributed by atoms with E-state index in [0.717, 1.165) is 56.8 Å². The van der Waals surface area contributed by atoms with Gasteiger partial charge in [-0.3, -0.25) is 9.79 Å². The van der Waals surface area contributed by atoms with Crippen molar-refractivity contribution in [2.24, 2.45) is 10.9 Å². The molecule has 0 aromatic heterocycles. The highest BCUT2D eigenvalue weighted by Gasteiger charge is 2.26. The first kappa shape index (κ1) is 23.3. The molecule has 1 saturated heterocycles. The van der Waals surface area contributed by atoms with Crippen molar-refractivity contribution in [3.05, 3.63) is 33.8 Å². The summed E-state index contributed by atoms with van der Waals surface area (Å²) >= 11 is 12.1. The number of piperidine rings is 1. The van der Waals surface area contributed by atoms with E-state index < -0.39 is 0 Å². The molecule has 0 bridgehead atoms. The molecule has 0 amide bonds. The van der Waals surface area contributed by atoms with Crippen LogP contribution in [0.3, 0.4) is 0 Å². The second kappa shape index (κ2) is 11.9. The van der Waals surface area contributed by atoms with Gasteiger partial charge in [0.05, 0.1) is 13.0 Å². The largest absolute Gasteiger partial charge is 0.469 e. The van der Waals surface area contributed by atoms with Crippen LogP contribution in [0, 0.1) is 5.92 Å². The third kappa shape index (κ3) is 6.78. The van der Waals surface area contributed by atoms with E-state index in [2.05, 4.69) is 15.2 Å². The second-order valence-electron chi connectivity index (χ2n) is 6.10. The molecule has 0 atom stereocenters. The van der Waals surface area contributed by atoms with E-state index in [4.69, 9.17) is 27.9 Å². The summed E-state index contributed by atoms with van der Waals surface area (Å²) in [4.78, 5) is 18.1. The number of hydrogen-bond donors (Lipinski definition) is 1. The van der Waals surface area contributed by atoms with Crippen LogP contribution in [0.25, 0.3) is 0 Å². The standard InChI is InChI=1S/C18H25Cl2N3O2.HI/c1-21-18(23-10-7-14(8-11-23)17(24)25-2)22-9-3-4-13-5-6-15(19)12-16(13)20;/h5-6,12,14H,3-4,7-11H2,1-2H3,(H,21,22);1H. The molecule has 0 aliphatic carbocycles. The Morgan fingerprint density at radius 2 is 2.04 bits per heavy atom. The van der Waals surface area contributed by atoms with Crippen LogP contribution < -0.4 is 5.32 Å². The lowest BCUT2D eigenvalue weighted by atomic mass is 9.97. The Morgan fingerprint density at radius 1 is 1.35 bits per heavy atom. The average Bonchev–Trinajstić information content (AvgIpc) is 2.63. The fourth-order valence-corrected chi connectivity index (χ4v) is 3.53. The van der Waals surface area contributed by atoms with Crippen LogP contribution >= 0.6 is 47.2 Å². The maximum absolute atomic E-state index is 11.6. The van der Waals surface area contributed by atoms with Crippen LogP contribution in [0.15, 0.2) is 23.2 Å². The smallest absolute Gasteiger partial charge is 0.308 e. The lowest BCUT2D eigenvalue weighted by Crippen LogP contribution is -2.46. The van der Waals surface area contributed by atoms with Gasteiger partial charge in [-0.15, -0.1) is 24.0 Å². The maximum Gasteiger partial charge on any atom is 0.308 e. The van der Waals surface area contributed by atoms with Gasteiger partial charge in [0.2, 0.25) is 0 Å². The van der Waals surface area contributed by atoms with Gasteiger partial charge in [0, 0.05) is 36.7 Å². The van der Waals surface area contributed by atoms with Crippen molar-refractivity contribution >= 4 is 59.1 Å². The highest BCUT2D eigenvalue weighted by Crippen LogP contribution is 2.22. The Hall–Kier alpha value is -0.730. The monoisotopic (exact) mass is 513 g/mol. The molecule has 1 aromatic carbocycles. The number of methoxy groups -OCH3 is 1. The number of nitrogens with zero attached hydrogens (tertiary/aromatic N) is 2. The minimum atomic E-state index is -0.109. The van der Waals surface area contributed by atoms with Crippen LogP contribution in [0.5, 0.6) is 0 Å². The Morgan fingerprint density at radius 3 is 2.62 bits per heavy atom. The average molecular weight is 514 g/mol. The molecule has 1 aliphatic rings. The van der Waals surface area contributed by atoms with Gasteiger partial charge >= 0.3 is 5.97 Å². The van der Waals surface area contributed by atoms with Gasteiger partial charge in [-0.05, 0) is 43.4 Å². The number of ether oxygens (including phenoxy) is 1. The van der Waals surface area contributed by atoms with E-state index >= 15 is 0 Å². The number of hydrogen-bond acceptors (Lipinski definition) is 3. The molecule has 1 heterocycles. The van der Waals surface area contributed by atoms with E-state index in [9.17, 15) is 4.79 Å². The fraction of sp³-hybridized carbons (Fsp3) is 0.556. The number of aliphatic imine (C=N–C) groups is 1. The van der Waals surface area contributed by atoms with E-state index in [1.165, 1.54) is 7.11 Å².